The van der Waals surface area contributed by atoms with Crippen molar-refractivity contribution in [3.8, 4) is 11.1 Å². The second-order valence-electron chi connectivity index (χ2n) is 7.10. The quantitative estimate of drug-likeness (QED) is 0.729. The van der Waals surface area contributed by atoms with Crippen LogP contribution in [-0.4, -0.2) is 18.1 Å². The number of pyridine rings is 1. The summed E-state index contributed by atoms with van der Waals surface area (Å²) in [6, 6.07) is 7.77. The summed E-state index contributed by atoms with van der Waals surface area (Å²) in [5.41, 5.74) is 3.51. The molecule has 2 nitrogen and oxygen atoms in total. The number of nitrogens with zero attached hydrogens (tertiary/aromatic N) is 2. The van der Waals surface area contributed by atoms with Crippen molar-refractivity contribution in [3.05, 3.63) is 47.4 Å². The minimum absolute atomic E-state index is 0.112. The smallest absolute Gasteiger partial charge is 0.134 e. The maximum absolute atomic E-state index is 14.7. The second kappa shape index (κ2) is 6.92. The molecule has 1 aromatic heterocycles. The van der Waals surface area contributed by atoms with E-state index in [-0.39, 0.29) is 5.82 Å². The van der Waals surface area contributed by atoms with Gasteiger partial charge in [-0.05, 0) is 41.9 Å². The number of hydrogen-bond donors (Lipinski definition) is 0. The highest BCUT2D eigenvalue weighted by Crippen LogP contribution is 2.35. The molecule has 3 heteroatoms. The molecule has 0 atom stereocenters. The minimum atomic E-state index is -0.112. The van der Waals surface area contributed by atoms with Crippen LogP contribution in [0.3, 0.4) is 0 Å². The van der Waals surface area contributed by atoms with Crippen LogP contribution >= 0.6 is 0 Å². The van der Waals surface area contributed by atoms with Crippen LogP contribution in [0.1, 0.15) is 51.2 Å². The van der Waals surface area contributed by atoms with E-state index in [9.17, 15) is 4.39 Å². The van der Waals surface area contributed by atoms with Crippen LogP contribution in [0.4, 0.5) is 10.2 Å². The van der Waals surface area contributed by atoms with Gasteiger partial charge in [0.15, 0.2) is 0 Å². The van der Waals surface area contributed by atoms with Gasteiger partial charge in [0.1, 0.15) is 11.6 Å². The summed E-state index contributed by atoms with van der Waals surface area (Å²) in [6.45, 7) is 10.8. The zero-order valence-electron chi connectivity index (χ0n) is 15.1. The standard InChI is InChI=1S/C21H27FN2/c1-5-15-12-24(13-15)21-19(14(3)4)10-17(11-23-21)18-9-7-8-16(6-2)20(18)22/h7-11,14-15H,5-6,12-13H2,1-4H3. The predicted molar refractivity (Wildman–Crippen MR) is 99.1 cm³/mol. The van der Waals surface area contributed by atoms with Crippen molar-refractivity contribution in [2.24, 2.45) is 5.92 Å². The highest BCUT2D eigenvalue weighted by molar-refractivity contribution is 5.68. The second-order valence-corrected chi connectivity index (χ2v) is 7.10. The third-order valence-corrected chi connectivity index (χ3v) is 5.12. The summed E-state index contributed by atoms with van der Waals surface area (Å²) < 4.78 is 14.7. The molecule has 2 aromatic rings. The van der Waals surface area contributed by atoms with E-state index in [4.69, 9.17) is 4.98 Å². The molecule has 128 valence electrons. The van der Waals surface area contributed by atoms with E-state index in [1.807, 2.05) is 31.3 Å². The lowest BCUT2D eigenvalue weighted by molar-refractivity contribution is 0.394. The average molecular weight is 326 g/mol. The summed E-state index contributed by atoms with van der Waals surface area (Å²) in [7, 11) is 0. The van der Waals surface area contributed by atoms with Crippen molar-refractivity contribution in [1.29, 1.82) is 0 Å². The Morgan fingerprint density at radius 2 is 2.00 bits per heavy atom. The Morgan fingerprint density at radius 1 is 1.25 bits per heavy atom. The lowest BCUT2D eigenvalue weighted by atomic mass is 9.93. The van der Waals surface area contributed by atoms with Gasteiger partial charge in [0.2, 0.25) is 0 Å². The SMILES string of the molecule is CCc1cccc(-c2cnc(N3CC(CC)C3)c(C(C)C)c2)c1F. The van der Waals surface area contributed by atoms with E-state index in [0.717, 1.165) is 36.0 Å². The summed E-state index contributed by atoms with van der Waals surface area (Å²) in [5, 5.41) is 0. The lowest BCUT2D eigenvalue weighted by Gasteiger charge is -2.41. The monoisotopic (exact) mass is 326 g/mol. The first-order valence-corrected chi connectivity index (χ1v) is 9.07. The van der Waals surface area contributed by atoms with E-state index < -0.39 is 0 Å². The van der Waals surface area contributed by atoms with Crippen molar-refractivity contribution >= 4 is 5.82 Å². The molecule has 0 bridgehead atoms. The zero-order valence-corrected chi connectivity index (χ0v) is 15.1. The van der Waals surface area contributed by atoms with Crippen LogP contribution in [-0.2, 0) is 6.42 Å². The molecule has 3 rings (SSSR count). The lowest BCUT2D eigenvalue weighted by Crippen LogP contribution is -2.47. The maximum Gasteiger partial charge on any atom is 0.134 e. The third kappa shape index (κ3) is 3.04. The largest absolute Gasteiger partial charge is 0.356 e. The molecule has 1 aliphatic heterocycles. The fourth-order valence-electron chi connectivity index (χ4n) is 3.39. The molecule has 0 saturated carbocycles. The fourth-order valence-corrected chi connectivity index (χ4v) is 3.39. The predicted octanol–water partition coefficient (Wildman–Crippen LogP) is 5.42. The Bertz CT molecular complexity index is 718. The Balaban J connectivity index is 1.98. The Morgan fingerprint density at radius 3 is 2.62 bits per heavy atom. The van der Waals surface area contributed by atoms with Crippen molar-refractivity contribution in [2.75, 3.05) is 18.0 Å². The highest BCUT2D eigenvalue weighted by Gasteiger charge is 2.28. The van der Waals surface area contributed by atoms with Gasteiger partial charge in [-0.1, -0.05) is 45.9 Å². The third-order valence-electron chi connectivity index (χ3n) is 5.12. The van der Waals surface area contributed by atoms with Gasteiger partial charge in [0.05, 0.1) is 0 Å². The molecule has 0 amide bonds. The van der Waals surface area contributed by atoms with Gasteiger partial charge in [0, 0.05) is 30.4 Å². The molecular weight excluding hydrogens is 299 g/mol. The van der Waals surface area contributed by atoms with Crippen LogP contribution in [0.5, 0.6) is 0 Å². The summed E-state index contributed by atoms with van der Waals surface area (Å²) >= 11 is 0. The Labute approximate surface area is 144 Å². The van der Waals surface area contributed by atoms with E-state index in [1.54, 1.807) is 0 Å². The first-order chi connectivity index (χ1) is 11.5. The maximum atomic E-state index is 14.7. The van der Waals surface area contributed by atoms with Gasteiger partial charge in [0.25, 0.3) is 0 Å². The van der Waals surface area contributed by atoms with Crippen LogP contribution in [0.25, 0.3) is 11.1 Å². The van der Waals surface area contributed by atoms with Crippen LogP contribution in [0, 0.1) is 11.7 Å². The number of rotatable bonds is 5. The number of halogens is 1. The van der Waals surface area contributed by atoms with Gasteiger partial charge in [-0.2, -0.15) is 0 Å². The van der Waals surface area contributed by atoms with Gasteiger partial charge in [-0.25, -0.2) is 9.37 Å². The highest BCUT2D eigenvalue weighted by atomic mass is 19.1. The first-order valence-electron chi connectivity index (χ1n) is 9.07. The van der Waals surface area contributed by atoms with Crippen LogP contribution in [0.2, 0.25) is 0 Å². The van der Waals surface area contributed by atoms with E-state index in [2.05, 4.69) is 31.7 Å². The Hall–Kier alpha value is -1.90. The van der Waals surface area contributed by atoms with E-state index in [1.165, 1.54) is 12.0 Å². The number of aryl methyl sites for hydroxylation is 1. The van der Waals surface area contributed by atoms with Gasteiger partial charge >= 0.3 is 0 Å². The molecule has 0 radical (unpaired) electrons. The van der Waals surface area contributed by atoms with Gasteiger partial charge in [-0.3, -0.25) is 0 Å². The summed E-state index contributed by atoms with van der Waals surface area (Å²) in [4.78, 5) is 7.08. The molecule has 1 fully saturated rings. The molecule has 1 saturated heterocycles. The van der Waals surface area contributed by atoms with E-state index in [0.29, 0.717) is 17.9 Å². The van der Waals surface area contributed by atoms with Crippen LogP contribution < -0.4 is 4.90 Å². The van der Waals surface area contributed by atoms with Crippen molar-refractivity contribution < 1.29 is 4.39 Å². The first kappa shape index (κ1) is 16.9. The average Bonchev–Trinajstić information content (AvgIpc) is 2.54. The number of anilines is 1. The topological polar surface area (TPSA) is 16.1 Å². The van der Waals surface area contributed by atoms with Crippen LogP contribution in [0.15, 0.2) is 30.5 Å². The summed E-state index contributed by atoms with van der Waals surface area (Å²) in [6.07, 6.45) is 3.76. The molecule has 2 heterocycles. The molecule has 1 aliphatic rings. The normalized spacial score (nSPS) is 15.0. The molecule has 0 N–H and O–H groups in total. The molecule has 1 aromatic carbocycles. The molecule has 0 unspecified atom stereocenters. The number of benzene rings is 1. The molecule has 0 spiro atoms. The summed E-state index contributed by atoms with van der Waals surface area (Å²) in [5.74, 6) is 2.11. The van der Waals surface area contributed by atoms with Crippen molar-refractivity contribution in [3.63, 3.8) is 0 Å². The van der Waals surface area contributed by atoms with E-state index >= 15 is 0 Å². The number of hydrogen-bond acceptors (Lipinski definition) is 2. The van der Waals surface area contributed by atoms with Crippen molar-refractivity contribution in [1.82, 2.24) is 4.98 Å². The fraction of sp³-hybridized carbons (Fsp3) is 0.476. The zero-order chi connectivity index (χ0) is 17.3. The molecular formula is C21H27FN2. The molecule has 24 heavy (non-hydrogen) atoms. The molecule has 0 aliphatic carbocycles. The van der Waals surface area contributed by atoms with Gasteiger partial charge in [-0.15, -0.1) is 0 Å². The number of aromatic nitrogens is 1. The van der Waals surface area contributed by atoms with Crippen molar-refractivity contribution in [2.45, 2.75) is 46.5 Å². The minimum Gasteiger partial charge on any atom is -0.356 e. The van der Waals surface area contributed by atoms with Gasteiger partial charge < -0.3 is 4.90 Å². The Kier molecular flexibility index (Phi) is 4.88.